The first-order chi connectivity index (χ1) is 13.7. The highest BCUT2D eigenvalue weighted by atomic mass is 35.5. The normalized spacial score (nSPS) is 14.1. The van der Waals surface area contributed by atoms with Crippen molar-refractivity contribution in [2.45, 2.75) is 0 Å². The van der Waals surface area contributed by atoms with E-state index in [4.69, 9.17) is 21.1 Å². The summed E-state index contributed by atoms with van der Waals surface area (Å²) < 4.78 is 10.7. The van der Waals surface area contributed by atoms with Gasteiger partial charge >= 0.3 is 0 Å². The molecule has 0 amide bonds. The number of rotatable bonds is 5. The van der Waals surface area contributed by atoms with Gasteiger partial charge in [0.1, 0.15) is 5.75 Å². The Labute approximate surface area is 173 Å². The Kier molecular flexibility index (Phi) is 5.67. The maximum Gasteiger partial charge on any atom is 0.203 e. The smallest absolute Gasteiger partial charge is 0.203 e. The van der Waals surface area contributed by atoms with Gasteiger partial charge in [-0.3, -0.25) is 4.79 Å². The molecule has 4 nitrogen and oxygen atoms in total. The van der Waals surface area contributed by atoms with Gasteiger partial charge in [-0.15, -0.1) is 11.3 Å². The molecule has 1 aromatic heterocycles. The zero-order valence-corrected chi connectivity index (χ0v) is 17.1. The molecule has 0 unspecified atom stereocenters. The van der Waals surface area contributed by atoms with Gasteiger partial charge in [-0.25, -0.2) is 0 Å². The number of ketones is 1. The highest BCUT2D eigenvalue weighted by Crippen LogP contribution is 2.40. The Morgan fingerprint density at radius 3 is 2.39 bits per heavy atom. The Morgan fingerprint density at radius 2 is 1.75 bits per heavy atom. The van der Waals surface area contributed by atoms with E-state index in [0.717, 1.165) is 39.8 Å². The molecule has 28 heavy (non-hydrogen) atoms. The lowest BCUT2D eigenvalue weighted by Gasteiger charge is -2.28. The van der Waals surface area contributed by atoms with Gasteiger partial charge < -0.3 is 14.4 Å². The maximum atomic E-state index is 13.1. The van der Waals surface area contributed by atoms with Gasteiger partial charge in [-0.2, -0.15) is 0 Å². The van der Waals surface area contributed by atoms with Crippen LogP contribution in [0, 0.1) is 0 Å². The average Bonchev–Trinajstić information content (AvgIpc) is 3.20. The van der Waals surface area contributed by atoms with E-state index in [1.54, 1.807) is 19.2 Å². The van der Waals surface area contributed by atoms with E-state index in [1.165, 1.54) is 11.3 Å². The van der Waals surface area contributed by atoms with Crippen molar-refractivity contribution in [2.24, 2.45) is 0 Å². The summed E-state index contributed by atoms with van der Waals surface area (Å²) in [5.41, 5.74) is 2.76. The number of carbonyl (C=O) groups is 1. The van der Waals surface area contributed by atoms with Gasteiger partial charge in [0.25, 0.3) is 0 Å². The lowest BCUT2D eigenvalue weighted by Crippen LogP contribution is -2.35. The third-order valence-corrected chi connectivity index (χ3v) is 6.19. The number of thiophene rings is 1. The summed E-state index contributed by atoms with van der Waals surface area (Å²) in [7, 11) is 1.61. The second kappa shape index (κ2) is 8.35. The van der Waals surface area contributed by atoms with Gasteiger partial charge in [0.15, 0.2) is 0 Å². The zero-order valence-electron chi connectivity index (χ0n) is 15.5. The first-order valence-corrected chi connectivity index (χ1v) is 10.3. The number of halogens is 1. The van der Waals surface area contributed by atoms with Gasteiger partial charge in [-0.05, 0) is 48.0 Å². The van der Waals surface area contributed by atoms with Gasteiger partial charge in [0.05, 0.1) is 30.2 Å². The van der Waals surface area contributed by atoms with Crippen LogP contribution in [-0.4, -0.2) is 39.2 Å². The number of nitrogens with zero attached hydrogens (tertiary/aromatic N) is 1. The van der Waals surface area contributed by atoms with Crippen LogP contribution in [0.5, 0.6) is 5.75 Å². The molecule has 1 fully saturated rings. The van der Waals surface area contributed by atoms with Crippen molar-refractivity contribution >= 4 is 33.7 Å². The quantitative estimate of drug-likeness (QED) is 0.542. The molecule has 2 aromatic carbocycles. The fourth-order valence-electron chi connectivity index (χ4n) is 3.22. The maximum absolute atomic E-state index is 13.1. The standard InChI is InChI=1S/C22H20ClNO3S/c1-26-18-8-4-16(5-9-18)21(25)20-14-19(15-2-6-17(23)7-3-15)22(28-20)24-10-12-27-13-11-24/h2-9,14H,10-13H2,1H3. The molecule has 144 valence electrons. The molecule has 1 saturated heterocycles. The van der Waals surface area contributed by atoms with Crippen molar-refractivity contribution in [1.29, 1.82) is 0 Å². The molecule has 2 heterocycles. The molecule has 0 bridgehead atoms. The number of hydrogen-bond donors (Lipinski definition) is 0. The first-order valence-electron chi connectivity index (χ1n) is 9.07. The summed E-state index contributed by atoms with van der Waals surface area (Å²) in [6.07, 6.45) is 0. The van der Waals surface area contributed by atoms with Crippen LogP contribution < -0.4 is 9.64 Å². The van der Waals surface area contributed by atoms with E-state index >= 15 is 0 Å². The summed E-state index contributed by atoms with van der Waals surface area (Å²) in [6.45, 7) is 3.02. The minimum atomic E-state index is 0.0161. The number of ether oxygens (including phenoxy) is 2. The molecule has 0 spiro atoms. The molecule has 6 heteroatoms. The lowest BCUT2D eigenvalue weighted by atomic mass is 10.0. The average molecular weight is 414 g/mol. The van der Waals surface area contributed by atoms with Gasteiger partial charge in [-0.1, -0.05) is 23.7 Å². The van der Waals surface area contributed by atoms with Crippen molar-refractivity contribution < 1.29 is 14.3 Å². The molecule has 0 atom stereocenters. The Hall–Kier alpha value is -2.34. The largest absolute Gasteiger partial charge is 0.497 e. The van der Waals surface area contributed by atoms with E-state index in [9.17, 15) is 4.79 Å². The second-order valence-corrected chi connectivity index (χ2v) is 7.96. The van der Waals surface area contributed by atoms with E-state index in [1.807, 2.05) is 42.5 Å². The minimum absolute atomic E-state index is 0.0161. The van der Waals surface area contributed by atoms with Crippen molar-refractivity contribution in [2.75, 3.05) is 38.3 Å². The summed E-state index contributed by atoms with van der Waals surface area (Å²) in [5.74, 6) is 0.751. The Bertz CT molecular complexity index is 960. The van der Waals surface area contributed by atoms with Gasteiger partial charge in [0, 0.05) is 29.2 Å². The van der Waals surface area contributed by atoms with Crippen LogP contribution in [0.25, 0.3) is 11.1 Å². The van der Waals surface area contributed by atoms with Crippen LogP contribution in [0.2, 0.25) is 5.02 Å². The molecule has 4 rings (SSSR count). The van der Waals surface area contributed by atoms with Crippen LogP contribution in [0.3, 0.4) is 0 Å². The number of hydrogen-bond acceptors (Lipinski definition) is 5. The molecule has 0 aliphatic carbocycles. The summed E-state index contributed by atoms with van der Waals surface area (Å²) in [4.78, 5) is 16.1. The van der Waals surface area contributed by atoms with E-state index < -0.39 is 0 Å². The SMILES string of the molecule is COc1ccc(C(=O)c2cc(-c3ccc(Cl)cc3)c(N3CCOCC3)s2)cc1. The van der Waals surface area contributed by atoms with Crippen LogP contribution in [0.15, 0.2) is 54.6 Å². The van der Waals surface area contributed by atoms with E-state index in [0.29, 0.717) is 23.8 Å². The van der Waals surface area contributed by atoms with Crippen LogP contribution in [0.1, 0.15) is 15.2 Å². The van der Waals surface area contributed by atoms with Crippen molar-refractivity contribution in [3.05, 3.63) is 70.1 Å². The minimum Gasteiger partial charge on any atom is -0.497 e. The molecular formula is C22H20ClNO3S. The molecule has 1 aliphatic rings. The van der Waals surface area contributed by atoms with Crippen molar-refractivity contribution in [3.8, 4) is 16.9 Å². The highest BCUT2D eigenvalue weighted by Gasteiger charge is 2.22. The van der Waals surface area contributed by atoms with Crippen LogP contribution >= 0.6 is 22.9 Å². The molecule has 0 saturated carbocycles. The molecule has 1 aliphatic heterocycles. The second-order valence-electron chi connectivity index (χ2n) is 6.49. The molecule has 3 aromatic rings. The molecular weight excluding hydrogens is 394 g/mol. The third-order valence-electron chi connectivity index (χ3n) is 4.74. The third kappa shape index (κ3) is 3.92. The number of methoxy groups -OCH3 is 1. The number of benzene rings is 2. The number of anilines is 1. The highest BCUT2D eigenvalue weighted by molar-refractivity contribution is 7.18. The Balaban J connectivity index is 1.73. The summed E-state index contributed by atoms with van der Waals surface area (Å²) in [5, 5.41) is 1.80. The van der Waals surface area contributed by atoms with Crippen molar-refractivity contribution in [3.63, 3.8) is 0 Å². The number of morpholine rings is 1. The zero-order chi connectivity index (χ0) is 19.5. The monoisotopic (exact) mass is 413 g/mol. The van der Waals surface area contributed by atoms with Crippen LogP contribution in [0.4, 0.5) is 5.00 Å². The summed E-state index contributed by atoms with van der Waals surface area (Å²) >= 11 is 7.59. The topological polar surface area (TPSA) is 38.8 Å². The predicted octanol–water partition coefficient (Wildman–Crippen LogP) is 5.14. The van der Waals surface area contributed by atoms with Crippen molar-refractivity contribution in [1.82, 2.24) is 0 Å². The van der Waals surface area contributed by atoms with E-state index in [2.05, 4.69) is 4.90 Å². The molecule has 0 radical (unpaired) electrons. The fourth-order valence-corrected chi connectivity index (χ4v) is 4.54. The van der Waals surface area contributed by atoms with Gasteiger partial charge in [0.2, 0.25) is 5.78 Å². The van der Waals surface area contributed by atoms with Crippen LogP contribution in [-0.2, 0) is 4.74 Å². The fraction of sp³-hybridized carbons (Fsp3) is 0.227. The van der Waals surface area contributed by atoms with E-state index in [-0.39, 0.29) is 5.78 Å². The lowest BCUT2D eigenvalue weighted by molar-refractivity contribution is 0.104. The molecule has 0 N–H and O–H groups in total. The summed E-state index contributed by atoms with van der Waals surface area (Å²) in [6, 6.07) is 17.0. The first kappa shape index (κ1) is 19.0. The predicted molar refractivity (Wildman–Crippen MR) is 114 cm³/mol. The Morgan fingerprint density at radius 1 is 1.07 bits per heavy atom. The number of carbonyl (C=O) groups excluding carboxylic acids is 1.